The van der Waals surface area contributed by atoms with Crippen LogP contribution in [0.5, 0.6) is 23.0 Å². The van der Waals surface area contributed by atoms with Crippen molar-refractivity contribution in [2.45, 2.75) is 0 Å². The zero-order chi connectivity index (χ0) is 30.7. The number of anilines is 1. The number of hydrazone groups is 1. The number of halogens is 4. The molecule has 15 heteroatoms. The minimum absolute atomic E-state index is 0.0132. The molecule has 0 saturated carbocycles. The second kappa shape index (κ2) is 13.1. The Bertz CT molecular complexity index is 1800. The summed E-state index contributed by atoms with van der Waals surface area (Å²) in [5.41, 5.74) is 4.69. The summed E-state index contributed by atoms with van der Waals surface area (Å²) in [6.07, 6.45) is 2.18. The van der Waals surface area contributed by atoms with Gasteiger partial charge in [0.05, 0.1) is 20.8 Å². The molecule has 42 heavy (non-hydrogen) atoms. The first-order chi connectivity index (χ1) is 19.9. The molecule has 216 valence electrons. The van der Waals surface area contributed by atoms with Crippen LogP contribution in [0.2, 0.25) is 0 Å². The molecule has 0 atom stereocenters. The number of benzene rings is 4. The van der Waals surface area contributed by atoms with Crippen LogP contribution in [0.3, 0.4) is 0 Å². The van der Waals surface area contributed by atoms with Gasteiger partial charge in [0, 0.05) is 11.1 Å². The van der Waals surface area contributed by atoms with Gasteiger partial charge in [0.2, 0.25) is 0 Å². The second-order valence-electron chi connectivity index (χ2n) is 8.48. The first kappa shape index (κ1) is 31.3. The van der Waals surface area contributed by atoms with Crippen LogP contribution in [-0.2, 0) is 9.59 Å². The highest BCUT2D eigenvalue weighted by molar-refractivity contribution is 9.11. The van der Waals surface area contributed by atoms with Crippen LogP contribution in [0.4, 0.5) is 5.69 Å². The molecule has 4 aromatic carbocycles. The molecule has 0 aliphatic heterocycles. The molecule has 0 aliphatic rings. The molecule has 4 aromatic rings. The molecule has 0 bridgehead atoms. The van der Waals surface area contributed by atoms with Crippen molar-refractivity contribution in [3.8, 4) is 23.0 Å². The number of nitrogens with two attached hydrogens (primary N) is 1. The number of carbonyl (C=O) groups excluding carboxylic acids is 2. The average Bonchev–Trinajstić information content (AvgIpc) is 2.99. The molecule has 0 fully saturated rings. The number of hydrogen-bond acceptors (Lipinski definition) is 9. The Kier molecular flexibility index (Phi) is 9.78. The van der Waals surface area contributed by atoms with Gasteiger partial charge in [-0.2, -0.15) is 5.10 Å². The van der Waals surface area contributed by atoms with Gasteiger partial charge in [-0.1, -0.05) is 30.3 Å². The van der Waals surface area contributed by atoms with Crippen molar-refractivity contribution >= 4 is 104 Å². The summed E-state index contributed by atoms with van der Waals surface area (Å²) in [4.78, 5) is 26.7. The number of rotatable bonds is 7. The van der Waals surface area contributed by atoms with Gasteiger partial charge in [0.1, 0.15) is 37.5 Å². The fourth-order valence-corrected chi connectivity index (χ4v) is 5.95. The lowest BCUT2D eigenvalue weighted by atomic mass is 10.1. The Balaban J connectivity index is 1.84. The van der Waals surface area contributed by atoms with Gasteiger partial charge in [-0.25, -0.2) is 5.84 Å². The van der Waals surface area contributed by atoms with Crippen molar-refractivity contribution in [3.63, 3.8) is 0 Å². The number of nitrogens with zero attached hydrogens (tertiary/aromatic N) is 2. The quantitative estimate of drug-likeness (QED) is 0.0226. The number of nitrogens with one attached hydrogen (secondary N) is 2. The van der Waals surface area contributed by atoms with E-state index in [-0.39, 0.29) is 46.3 Å². The molecular weight excluding hydrogens is 810 g/mol. The summed E-state index contributed by atoms with van der Waals surface area (Å²) in [5.74, 6) is 1.99. The topological polar surface area (TPSA) is 181 Å². The lowest BCUT2D eigenvalue weighted by Gasteiger charge is -2.21. The number of hydrogen-bond donors (Lipinski definition) is 7. The van der Waals surface area contributed by atoms with Gasteiger partial charge in [0.15, 0.2) is 0 Å². The van der Waals surface area contributed by atoms with E-state index < -0.39 is 23.1 Å². The highest BCUT2D eigenvalue weighted by atomic mass is 79.9. The summed E-state index contributed by atoms with van der Waals surface area (Å²) >= 11 is 12.5. The Morgan fingerprint density at radius 2 is 1.36 bits per heavy atom. The molecule has 0 radical (unpaired) electrons. The molecule has 11 nitrogen and oxygen atoms in total. The van der Waals surface area contributed by atoms with Gasteiger partial charge < -0.3 is 20.4 Å². The molecular formula is C27H19Br4N5O6. The number of fused-ring (bicyclic) bond motifs is 1. The van der Waals surface area contributed by atoms with E-state index in [1.54, 1.807) is 12.1 Å². The van der Waals surface area contributed by atoms with Crippen LogP contribution in [0.25, 0.3) is 16.8 Å². The third-order valence-electron chi connectivity index (χ3n) is 5.79. The van der Waals surface area contributed by atoms with E-state index in [4.69, 9.17) is 5.84 Å². The summed E-state index contributed by atoms with van der Waals surface area (Å²) in [5, 5.41) is 47.9. The Morgan fingerprint density at radius 3 is 1.98 bits per heavy atom. The summed E-state index contributed by atoms with van der Waals surface area (Å²) in [6.45, 7) is 0. The number of aromatic hydroxyl groups is 4. The maximum Gasteiger partial charge on any atom is 0.299 e. The largest absolute Gasteiger partial charge is 0.506 e. The molecule has 0 aromatic heterocycles. The molecule has 0 spiro atoms. The second-order valence-corrected chi connectivity index (χ2v) is 11.8. The van der Waals surface area contributed by atoms with Crippen LogP contribution in [0, 0.1) is 0 Å². The predicted molar refractivity (Wildman–Crippen MR) is 173 cm³/mol. The molecule has 8 N–H and O–H groups in total. The normalized spacial score (nSPS) is 11.6. The van der Waals surface area contributed by atoms with Crippen molar-refractivity contribution in [3.05, 3.63) is 89.2 Å². The lowest BCUT2D eigenvalue weighted by Crippen LogP contribution is -2.40. The highest BCUT2D eigenvalue weighted by Crippen LogP contribution is 2.42. The molecule has 0 heterocycles. The van der Waals surface area contributed by atoms with Gasteiger partial charge >= 0.3 is 0 Å². The van der Waals surface area contributed by atoms with E-state index in [9.17, 15) is 30.0 Å². The Labute approximate surface area is 271 Å². The van der Waals surface area contributed by atoms with E-state index >= 15 is 0 Å². The molecule has 0 saturated heterocycles. The molecule has 4 rings (SSSR count). The maximum absolute atomic E-state index is 13.8. The maximum atomic E-state index is 13.8. The fourth-order valence-electron chi connectivity index (χ4n) is 3.65. The van der Waals surface area contributed by atoms with E-state index in [1.165, 1.54) is 12.1 Å². The van der Waals surface area contributed by atoms with Gasteiger partial charge in [0.25, 0.3) is 11.8 Å². The van der Waals surface area contributed by atoms with Crippen molar-refractivity contribution in [1.29, 1.82) is 0 Å². The minimum Gasteiger partial charge on any atom is -0.506 e. The minimum atomic E-state index is -1.02. The summed E-state index contributed by atoms with van der Waals surface area (Å²) < 4.78 is 0.310. The van der Waals surface area contributed by atoms with Crippen molar-refractivity contribution in [2.24, 2.45) is 10.9 Å². The Morgan fingerprint density at radius 1 is 0.786 bits per heavy atom. The first-order valence-corrected chi connectivity index (χ1v) is 14.8. The summed E-state index contributed by atoms with van der Waals surface area (Å²) in [7, 11) is 0. The number of phenolic OH excluding ortho intramolecular Hbond substituents is 4. The van der Waals surface area contributed by atoms with E-state index in [1.807, 2.05) is 35.8 Å². The smallest absolute Gasteiger partial charge is 0.299 e. The number of carbonyl (C=O) groups is 2. The Hall–Kier alpha value is -3.63. The van der Waals surface area contributed by atoms with Crippen LogP contribution >= 0.6 is 63.7 Å². The zero-order valence-electron chi connectivity index (χ0n) is 20.9. The predicted octanol–water partition coefficient (Wildman–Crippen LogP) is 5.98. The standard InChI is InChI=1S/C27H19Br4N5O6/c28-18-9-14(22(37)20(30)24(18)39)8-17(26(41)34-32)27(42)36(33-11-15-10-19(29)25(40)21(31)23(15)38)35-16-6-5-12-3-1-2-4-13(12)7-16/h1-11,35,37-40H,32H2,(H,34,41). The van der Waals surface area contributed by atoms with E-state index in [0.29, 0.717) is 5.69 Å². The van der Waals surface area contributed by atoms with Crippen molar-refractivity contribution < 1.29 is 30.0 Å². The third kappa shape index (κ3) is 6.55. The number of amides is 2. The summed E-state index contributed by atoms with van der Waals surface area (Å²) in [6, 6.07) is 15.4. The number of phenols is 4. The lowest BCUT2D eigenvalue weighted by molar-refractivity contribution is -0.129. The zero-order valence-corrected chi connectivity index (χ0v) is 27.3. The molecule has 2 amide bonds. The van der Waals surface area contributed by atoms with E-state index in [0.717, 1.165) is 28.2 Å². The van der Waals surface area contributed by atoms with Crippen LogP contribution in [-0.4, -0.2) is 43.6 Å². The number of hydrazine groups is 2. The van der Waals surface area contributed by atoms with Crippen LogP contribution in [0.1, 0.15) is 11.1 Å². The first-order valence-electron chi connectivity index (χ1n) is 11.6. The monoisotopic (exact) mass is 825 g/mol. The van der Waals surface area contributed by atoms with Gasteiger partial charge in [-0.15, -0.1) is 5.12 Å². The fraction of sp³-hybridized carbons (Fsp3) is 0. The molecule has 0 aliphatic carbocycles. The van der Waals surface area contributed by atoms with Crippen LogP contribution < -0.4 is 16.7 Å². The van der Waals surface area contributed by atoms with Crippen molar-refractivity contribution in [1.82, 2.24) is 10.5 Å². The molecule has 0 unspecified atom stereocenters. The van der Waals surface area contributed by atoms with Gasteiger partial charge in [-0.3, -0.25) is 20.4 Å². The average molecular weight is 829 g/mol. The SMILES string of the molecule is NNC(=O)C(=Cc1cc(Br)c(O)c(Br)c1O)C(=O)N(N=Cc1cc(Br)c(O)c(Br)c1O)Nc1ccc2ccccc2c1. The van der Waals surface area contributed by atoms with Crippen molar-refractivity contribution in [2.75, 3.05) is 5.43 Å². The van der Waals surface area contributed by atoms with E-state index in [2.05, 4.69) is 74.2 Å². The highest BCUT2D eigenvalue weighted by Gasteiger charge is 2.26. The van der Waals surface area contributed by atoms with Gasteiger partial charge in [-0.05, 0) is 105 Å². The third-order valence-corrected chi connectivity index (χ3v) is 8.50. The van der Waals surface area contributed by atoms with Crippen LogP contribution in [0.15, 0.2) is 83.2 Å².